The second-order valence-electron chi connectivity index (χ2n) is 7.11. The molecule has 3 aromatic rings. The molecule has 0 atom stereocenters. The number of nitrogens with zero attached hydrogens (tertiary/aromatic N) is 1. The molecule has 0 fully saturated rings. The maximum Gasteiger partial charge on any atom is 0.264 e. The molecule has 0 aliphatic rings. The molecule has 33 heavy (non-hydrogen) atoms. The highest BCUT2D eigenvalue weighted by Gasteiger charge is 2.29. The number of amides is 1. The largest absolute Gasteiger partial charge is 0.497 e. The monoisotopic (exact) mass is 470 g/mol. The molecular formula is C24H26N2O6S. The van der Waals surface area contributed by atoms with E-state index in [1.54, 1.807) is 54.6 Å². The maximum absolute atomic E-state index is 13.6. The fourth-order valence-electron chi connectivity index (χ4n) is 3.19. The first-order valence-corrected chi connectivity index (χ1v) is 11.5. The quantitative estimate of drug-likeness (QED) is 0.511. The lowest BCUT2D eigenvalue weighted by atomic mass is 10.2. The predicted molar refractivity (Wildman–Crippen MR) is 127 cm³/mol. The van der Waals surface area contributed by atoms with Crippen LogP contribution in [0, 0.1) is 6.92 Å². The van der Waals surface area contributed by atoms with Crippen molar-refractivity contribution in [2.24, 2.45) is 0 Å². The summed E-state index contributed by atoms with van der Waals surface area (Å²) < 4.78 is 44.0. The summed E-state index contributed by atoms with van der Waals surface area (Å²) in [4.78, 5) is 13.1. The Morgan fingerprint density at radius 3 is 2.18 bits per heavy atom. The van der Waals surface area contributed by atoms with Gasteiger partial charge in [0.25, 0.3) is 10.0 Å². The normalized spacial score (nSPS) is 10.9. The minimum Gasteiger partial charge on any atom is -0.497 e. The summed E-state index contributed by atoms with van der Waals surface area (Å²) in [5.74, 6) is 0.707. The molecule has 8 nitrogen and oxygen atoms in total. The SMILES string of the molecule is COc1ccc(NC(=O)CN(c2ccccc2OC)S(=O)(=O)c2ccc(C)cc2)c(OC)c1. The van der Waals surface area contributed by atoms with Gasteiger partial charge in [0.05, 0.1) is 37.6 Å². The van der Waals surface area contributed by atoms with E-state index in [0.29, 0.717) is 22.9 Å². The number of hydrogen-bond acceptors (Lipinski definition) is 6. The molecule has 0 aromatic heterocycles. The van der Waals surface area contributed by atoms with Crippen LogP contribution in [0.5, 0.6) is 17.2 Å². The van der Waals surface area contributed by atoms with Crippen LogP contribution in [0.2, 0.25) is 0 Å². The van der Waals surface area contributed by atoms with Crippen LogP contribution in [0.3, 0.4) is 0 Å². The van der Waals surface area contributed by atoms with Crippen molar-refractivity contribution in [1.82, 2.24) is 0 Å². The van der Waals surface area contributed by atoms with Crippen LogP contribution in [-0.2, 0) is 14.8 Å². The summed E-state index contributed by atoms with van der Waals surface area (Å²) in [5, 5.41) is 2.72. The first-order valence-electron chi connectivity index (χ1n) is 10.0. The van der Waals surface area contributed by atoms with Crippen molar-refractivity contribution in [2.45, 2.75) is 11.8 Å². The molecule has 0 bridgehead atoms. The number of carbonyl (C=O) groups is 1. The van der Waals surface area contributed by atoms with Crippen LogP contribution in [0.4, 0.5) is 11.4 Å². The average Bonchev–Trinajstić information content (AvgIpc) is 2.83. The first-order chi connectivity index (χ1) is 15.8. The summed E-state index contributed by atoms with van der Waals surface area (Å²) >= 11 is 0. The standard InChI is InChI=1S/C24H26N2O6S/c1-17-9-12-19(13-10-17)33(28,29)26(21-7-5-6-8-22(21)31-3)16-24(27)25-20-14-11-18(30-2)15-23(20)32-4/h5-15H,16H2,1-4H3,(H,25,27). The van der Waals surface area contributed by atoms with Gasteiger partial charge in [-0.2, -0.15) is 0 Å². The number of para-hydroxylation sites is 2. The number of nitrogens with one attached hydrogen (secondary N) is 1. The fraction of sp³-hybridized carbons (Fsp3) is 0.208. The lowest BCUT2D eigenvalue weighted by Gasteiger charge is -2.25. The van der Waals surface area contributed by atoms with Gasteiger partial charge in [-0.25, -0.2) is 8.42 Å². The van der Waals surface area contributed by atoms with Gasteiger partial charge in [0.2, 0.25) is 5.91 Å². The lowest BCUT2D eigenvalue weighted by Crippen LogP contribution is -2.38. The molecule has 0 unspecified atom stereocenters. The lowest BCUT2D eigenvalue weighted by molar-refractivity contribution is -0.114. The van der Waals surface area contributed by atoms with Crippen molar-refractivity contribution in [1.29, 1.82) is 0 Å². The van der Waals surface area contributed by atoms with Gasteiger partial charge in [-0.15, -0.1) is 0 Å². The number of methoxy groups -OCH3 is 3. The van der Waals surface area contributed by atoms with Crippen molar-refractivity contribution in [2.75, 3.05) is 37.5 Å². The van der Waals surface area contributed by atoms with Gasteiger partial charge in [-0.05, 0) is 43.3 Å². The van der Waals surface area contributed by atoms with E-state index < -0.39 is 22.5 Å². The molecule has 0 spiro atoms. The Morgan fingerprint density at radius 2 is 1.55 bits per heavy atom. The third-order valence-corrected chi connectivity index (χ3v) is 6.71. The Morgan fingerprint density at radius 1 is 0.879 bits per heavy atom. The topological polar surface area (TPSA) is 94.2 Å². The molecular weight excluding hydrogens is 444 g/mol. The highest BCUT2D eigenvalue weighted by atomic mass is 32.2. The number of hydrogen-bond donors (Lipinski definition) is 1. The Labute approximate surface area is 193 Å². The van der Waals surface area contributed by atoms with Crippen LogP contribution >= 0.6 is 0 Å². The molecule has 174 valence electrons. The Balaban J connectivity index is 1.98. The van der Waals surface area contributed by atoms with Crippen molar-refractivity contribution < 1.29 is 27.4 Å². The number of benzene rings is 3. The van der Waals surface area contributed by atoms with Gasteiger partial charge in [0.1, 0.15) is 23.8 Å². The van der Waals surface area contributed by atoms with Gasteiger partial charge in [0.15, 0.2) is 0 Å². The molecule has 1 amide bonds. The van der Waals surface area contributed by atoms with E-state index in [1.165, 1.54) is 33.5 Å². The zero-order chi connectivity index (χ0) is 24.0. The second kappa shape index (κ2) is 10.3. The summed E-state index contributed by atoms with van der Waals surface area (Å²) in [5.41, 5.74) is 1.55. The summed E-state index contributed by atoms with van der Waals surface area (Å²) in [6.45, 7) is 1.38. The Hall–Kier alpha value is -3.72. The molecule has 0 aliphatic carbocycles. The van der Waals surface area contributed by atoms with E-state index >= 15 is 0 Å². The van der Waals surface area contributed by atoms with E-state index in [9.17, 15) is 13.2 Å². The van der Waals surface area contributed by atoms with Crippen LogP contribution in [-0.4, -0.2) is 42.2 Å². The molecule has 3 aromatic carbocycles. The number of aryl methyl sites for hydroxylation is 1. The van der Waals surface area contributed by atoms with Crippen molar-refractivity contribution in [3.8, 4) is 17.2 Å². The molecule has 0 saturated carbocycles. The molecule has 0 heterocycles. The number of anilines is 2. The minimum atomic E-state index is -4.08. The first kappa shape index (κ1) is 23.9. The van der Waals surface area contributed by atoms with Gasteiger partial charge in [-0.3, -0.25) is 9.10 Å². The third-order valence-electron chi connectivity index (χ3n) is 4.93. The molecule has 1 N–H and O–H groups in total. The molecule has 0 aliphatic heterocycles. The number of rotatable bonds is 9. The van der Waals surface area contributed by atoms with Crippen LogP contribution in [0.1, 0.15) is 5.56 Å². The molecule has 9 heteroatoms. The van der Waals surface area contributed by atoms with Gasteiger partial charge < -0.3 is 19.5 Å². The highest BCUT2D eigenvalue weighted by Crippen LogP contribution is 2.33. The zero-order valence-electron chi connectivity index (χ0n) is 18.9. The van der Waals surface area contributed by atoms with Crippen LogP contribution in [0.15, 0.2) is 71.6 Å². The fourth-order valence-corrected chi connectivity index (χ4v) is 4.63. The van der Waals surface area contributed by atoms with E-state index in [2.05, 4.69) is 5.32 Å². The minimum absolute atomic E-state index is 0.0637. The highest BCUT2D eigenvalue weighted by molar-refractivity contribution is 7.92. The third kappa shape index (κ3) is 5.38. The van der Waals surface area contributed by atoms with Crippen LogP contribution in [0.25, 0.3) is 0 Å². The number of carbonyl (C=O) groups excluding carboxylic acids is 1. The molecule has 0 radical (unpaired) electrons. The molecule has 0 saturated heterocycles. The zero-order valence-corrected chi connectivity index (χ0v) is 19.7. The van der Waals surface area contributed by atoms with Crippen LogP contribution < -0.4 is 23.8 Å². The van der Waals surface area contributed by atoms with Gasteiger partial charge >= 0.3 is 0 Å². The number of ether oxygens (including phenoxy) is 3. The van der Waals surface area contributed by atoms with Crippen molar-refractivity contribution in [3.63, 3.8) is 0 Å². The van der Waals surface area contributed by atoms with E-state index in [4.69, 9.17) is 14.2 Å². The summed E-state index contributed by atoms with van der Waals surface area (Å²) in [7, 11) is 0.354. The van der Waals surface area contributed by atoms with E-state index in [-0.39, 0.29) is 10.6 Å². The van der Waals surface area contributed by atoms with Crippen molar-refractivity contribution in [3.05, 3.63) is 72.3 Å². The Kier molecular flexibility index (Phi) is 7.44. The molecule has 3 rings (SSSR count). The average molecular weight is 471 g/mol. The van der Waals surface area contributed by atoms with Gasteiger partial charge in [0, 0.05) is 6.07 Å². The van der Waals surface area contributed by atoms with Crippen molar-refractivity contribution >= 4 is 27.3 Å². The predicted octanol–water partition coefficient (Wildman–Crippen LogP) is 3.85. The smallest absolute Gasteiger partial charge is 0.264 e. The Bertz CT molecular complexity index is 1230. The maximum atomic E-state index is 13.6. The summed E-state index contributed by atoms with van der Waals surface area (Å²) in [6.07, 6.45) is 0. The second-order valence-corrected chi connectivity index (χ2v) is 8.97. The van der Waals surface area contributed by atoms with E-state index in [1.807, 2.05) is 6.92 Å². The van der Waals surface area contributed by atoms with Gasteiger partial charge in [-0.1, -0.05) is 29.8 Å². The number of sulfonamides is 1. The van der Waals surface area contributed by atoms with E-state index in [0.717, 1.165) is 9.87 Å². The summed E-state index contributed by atoms with van der Waals surface area (Å²) in [6, 6.07) is 18.0.